The first kappa shape index (κ1) is 17.9. The number of nitrogens with one attached hydrogen (secondary N) is 1. The first-order valence-electron chi connectivity index (χ1n) is 7.11. The lowest BCUT2D eigenvalue weighted by Gasteiger charge is -2.30. The highest BCUT2D eigenvalue weighted by Gasteiger charge is 2.19. The highest BCUT2D eigenvalue weighted by Crippen LogP contribution is 2.21. The molecule has 0 saturated carbocycles. The molecule has 0 saturated heterocycles. The Hall–Kier alpha value is -1.11. The van der Waals surface area contributed by atoms with Gasteiger partial charge in [-0.2, -0.15) is 0 Å². The number of nitrogens with two attached hydrogens (primary N) is 1. The van der Waals surface area contributed by atoms with E-state index in [4.69, 9.17) is 5.73 Å². The largest absolute Gasteiger partial charge is 0.374 e. The summed E-state index contributed by atoms with van der Waals surface area (Å²) < 4.78 is 26.7. The maximum Gasteiger partial charge on any atom is 0.240 e. The Kier molecular flexibility index (Phi) is 5.78. The smallest absolute Gasteiger partial charge is 0.240 e. The number of nitrogens with zero attached hydrogens (tertiary/aromatic N) is 1. The zero-order chi connectivity index (χ0) is 16.3. The van der Waals surface area contributed by atoms with Crippen LogP contribution in [0.5, 0.6) is 0 Å². The van der Waals surface area contributed by atoms with Crippen LogP contribution in [0.4, 0.5) is 5.69 Å². The van der Waals surface area contributed by atoms with Gasteiger partial charge >= 0.3 is 0 Å². The number of benzene rings is 1. The van der Waals surface area contributed by atoms with Crippen molar-refractivity contribution in [2.24, 2.45) is 11.1 Å². The van der Waals surface area contributed by atoms with E-state index in [1.807, 2.05) is 19.2 Å². The van der Waals surface area contributed by atoms with E-state index in [1.54, 1.807) is 26.0 Å². The average molecular weight is 313 g/mol. The van der Waals surface area contributed by atoms with Crippen molar-refractivity contribution in [2.45, 2.75) is 38.6 Å². The molecule has 0 aliphatic rings. The number of sulfonamides is 1. The van der Waals surface area contributed by atoms with E-state index in [1.165, 1.54) is 0 Å². The maximum absolute atomic E-state index is 12.1. The van der Waals surface area contributed by atoms with Gasteiger partial charge in [0.25, 0.3) is 0 Å². The van der Waals surface area contributed by atoms with Crippen LogP contribution in [0, 0.1) is 5.41 Å². The third kappa shape index (κ3) is 5.30. The zero-order valence-electron chi connectivity index (χ0n) is 13.6. The molecule has 0 bridgehead atoms. The van der Waals surface area contributed by atoms with Crippen molar-refractivity contribution in [3.8, 4) is 0 Å². The van der Waals surface area contributed by atoms with Crippen LogP contribution in [-0.4, -0.2) is 34.6 Å². The molecule has 3 N–H and O–H groups in total. The molecule has 21 heavy (non-hydrogen) atoms. The quantitative estimate of drug-likeness (QED) is 0.805. The van der Waals surface area contributed by atoms with Gasteiger partial charge in [-0.1, -0.05) is 13.8 Å². The average Bonchev–Trinajstić information content (AvgIpc) is 2.37. The molecule has 0 aliphatic heterocycles. The highest BCUT2D eigenvalue weighted by atomic mass is 32.2. The van der Waals surface area contributed by atoms with Gasteiger partial charge in [0.05, 0.1) is 4.90 Å². The van der Waals surface area contributed by atoms with Crippen LogP contribution < -0.4 is 15.4 Å². The van der Waals surface area contributed by atoms with E-state index >= 15 is 0 Å². The molecule has 5 nitrogen and oxygen atoms in total. The van der Waals surface area contributed by atoms with Crippen molar-refractivity contribution in [1.29, 1.82) is 0 Å². The van der Waals surface area contributed by atoms with E-state index in [-0.39, 0.29) is 16.4 Å². The minimum Gasteiger partial charge on any atom is -0.374 e. The molecule has 1 aromatic rings. The van der Waals surface area contributed by atoms with Gasteiger partial charge in [-0.15, -0.1) is 0 Å². The van der Waals surface area contributed by atoms with Gasteiger partial charge in [0, 0.05) is 25.3 Å². The van der Waals surface area contributed by atoms with Crippen LogP contribution in [-0.2, 0) is 10.0 Å². The lowest BCUT2D eigenvalue weighted by atomic mass is 9.93. The van der Waals surface area contributed by atoms with Crippen LogP contribution in [0.25, 0.3) is 0 Å². The lowest BCUT2D eigenvalue weighted by Crippen LogP contribution is -2.36. The van der Waals surface area contributed by atoms with Crippen molar-refractivity contribution < 1.29 is 8.42 Å². The SMILES string of the molecule is CC(C)NS(=O)(=O)c1ccc(N(C)CC(C)(C)CN)cc1. The van der Waals surface area contributed by atoms with E-state index in [2.05, 4.69) is 23.5 Å². The number of hydrogen-bond donors (Lipinski definition) is 2. The molecule has 0 amide bonds. The Morgan fingerprint density at radius 1 is 1.24 bits per heavy atom. The van der Waals surface area contributed by atoms with Gasteiger partial charge in [0.1, 0.15) is 0 Å². The molecule has 6 heteroatoms. The highest BCUT2D eigenvalue weighted by molar-refractivity contribution is 7.89. The fourth-order valence-corrected chi connectivity index (χ4v) is 3.31. The molecule has 0 unspecified atom stereocenters. The molecule has 0 aromatic heterocycles. The van der Waals surface area contributed by atoms with E-state index in [9.17, 15) is 8.42 Å². The maximum atomic E-state index is 12.1. The standard InChI is InChI=1S/C15H27N3O2S/c1-12(2)17-21(19,20)14-8-6-13(7-9-14)18(5)11-15(3,4)10-16/h6-9,12,17H,10-11,16H2,1-5H3. The first-order chi connectivity index (χ1) is 9.57. The summed E-state index contributed by atoms with van der Waals surface area (Å²) in [5.41, 5.74) is 6.73. The summed E-state index contributed by atoms with van der Waals surface area (Å²) in [6.45, 7) is 9.22. The van der Waals surface area contributed by atoms with Crippen LogP contribution in [0.2, 0.25) is 0 Å². The molecule has 0 atom stereocenters. The second-order valence-corrected chi connectivity index (χ2v) is 8.21. The normalized spacial score (nSPS) is 12.7. The van der Waals surface area contributed by atoms with Crippen molar-refractivity contribution in [2.75, 3.05) is 25.0 Å². The Bertz CT molecular complexity index is 551. The second-order valence-electron chi connectivity index (χ2n) is 6.49. The molecule has 1 aromatic carbocycles. The van der Waals surface area contributed by atoms with Crippen LogP contribution in [0.1, 0.15) is 27.7 Å². The topological polar surface area (TPSA) is 75.4 Å². The number of rotatable bonds is 7. The predicted octanol–water partition coefficient (Wildman–Crippen LogP) is 1.79. The van der Waals surface area contributed by atoms with Gasteiger partial charge in [-0.25, -0.2) is 13.1 Å². The fourth-order valence-electron chi connectivity index (χ4n) is 2.06. The molecule has 0 spiro atoms. The van der Waals surface area contributed by atoms with E-state index in [0.29, 0.717) is 6.54 Å². The van der Waals surface area contributed by atoms with Gasteiger partial charge in [-0.3, -0.25) is 0 Å². The molecule has 0 aliphatic carbocycles. The van der Waals surface area contributed by atoms with Gasteiger partial charge in [0.15, 0.2) is 0 Å². The fraction of sp³-hybridized carbons (Fsp3) is 0.600. The Morgan fingerprint density at radius 2 is 1.76 bits per heavy atom. The molecule has 120 valence electrons. The summed E-state index contributed by atoms with van der Waals surface area (Å²) >= 11 is 0. The Morgan fingerprint density at radius 3 is 2.19 bits per heavy atom. The van der Waals surface area contributed by atoms with Gasteiger partial charge in [0.2, 0.25) is 10.0 Å². The Labute approximate surface area is 128 Å². The molecular weight excluding hydrogens is 286 g/mol. The van der Waals surface area contributed by atoms with Crippen molar-refractivity contribution >= 4 is 15.7 Å². The van der Waals surface area contributed by atoms with Crippen LogP contribution in [0.3, 0.4) is 0 Å². The molecule has 0 heterocycles. The second kappa shape index (κ2) is 6.77. The molecule has 0 radical (unpaired) electrons. The summed E-state index contributed by atoms with van der Waals surface area (Å²) in [5, 5.41) is 0. The summed E-state index contributed by atoms with van der Waals surface area (Å²) in [6.07, 6.45) is 0. The zero-order valence-corrected chi connectivity index (χ0v) is 14.4. The van der Waals surface area contributed by atoms with Gasteiger partial charge in [-0.05, 0) is 50.1 Å². The predicted molar refractivity (Wildman–Crippen MR) is 88.0 cm³/mol. The first-order valence-corrected chi connectivity index (χ1v) is 8.59. The van der Waals surface area contributed by atoms with Crippen molar-refractivity contribution in [3.63, 3.8) is 0 Å². The minimum absolute atomic E-state index is 0.0126. The minimum atomic E-state index is -3.43. The summed E-state index contributed by atoms with van der Waals surface area (Å²) in [5.74, 6) is 0. The summed E-state index contributed by atoms with van der Waals surface area (Å²) in [7, 11) is -1.45. The number of anilines is 1. The summed E-state index contributed by atoms with van der Waals surface area (Å²) in [6, 6.07) is 6.78. The van der Waals surface area contributed by atoms with Crippen molar-refractivity contribution in [1.82, 2.24) is 4.72 Å². The van der Waals surface area contributed by atoms with Crippen molar-refractivity contribution in [3.05, 3.63) is 24.3 Å². The van der Waals surface area contributed by atoms with Crippen LogP contribution in [0.15, 0.2) is 29.2 Å². The van der Waals surface area contributed by atoms with E-state index in [0.717, 1.165) is 12.2 Å². The summed E-state index contributed by atoms with van der Waals surface area (Å²) in [4.78, 5) is 2.37. The lowest BCUT2D eigenvalue weighted by molar-refractivity contribution is 0.385. The third-order valence-electron chi connectivity index (χ3n) is 3.20. The molecule has 1 rings (SSSR count). The Balaban J connectivity index is 2.88. The molecular formula is C15H27N3O2S. The monoisotopic (exact) mass is 313 g/mol. The molecule has 0 fully saturated rings. The van der Waals surface area contributed by atoms with E-state index < -0.39 is 10.0 Å². The van der Waals surface area contributed by atoms with Crippen LogP contribution >= 0.6 is 0 Å². The third-order valence-corrected chi connectivity index (χ3v) is 4.87. The van der Waals surface area contributed by atoms with Gasteiger partial charge < -0.3 is 10.6 Å². The number of hydrogen-bond acceptors (Lipinski definition) is 4.